The van der Waals surface area contributed by atoms with Crippen LogP contribution >= 0.6 is 11.6 Å². The predicted octanol–water partition coefficient (Wildman–Crippen LogP) is 3.05. The minimum atomic E-state index is 0.0722. The van der Waals surface area contributed by atoms with Gasteiger partial charge in [-0.25, -0.2) is 0 Å². The molecule has 1 aromatic rings. The van der Waals surface area contributed by atoms with Gasteiger partial charge >= 0.3 is 0 Å². The minimum absolute atomic E-state index is 0.0722. The highest BCUT2D eigenvalue weighted by Crippen LogP contribution is 2.22. The second-order valence-electron chi connectivity index (χ2n) is 5.17. The highest BCUT2D eigenvalue weighted by molar-refractivity contribution is 6.31. The average molecular weight is 281 g/mol. The van der Waals surface area contributed by atoms with Crippen molar-refractivity contribution in [1.82, 2.24) is 10.6 Å². The summed E-state index contributed by atoms with van der Waals surface area (Å²) in [5.41, 5.74) is 1.03. The Hall–Kier alpha value is -1.06. The van der Waals surface area contributed by atoms with Crippen LogP contribution < -0.4 is 10.6 Å². The van der Waals surface area contributed by atoms with Gasteiger partial charge in [-0.15, -0.1) is 0 Å². The summed E-state index contributed by atoms with van der Waals surface area (Å²) in [6.45, 7) is 2.35. The topological polar surface area (TPSA) is 41.1 Å². The fraction of sp³-hybridized carbons (Fsp3) is 0.533. The molecule has 1 aliphatic rings. The summed E-state index contributed by atoms with van der Waals surface area (Å²) in [5.74, 6) is 0.0748. The summed E-state index contributed by atoms with van der Waals surface area (Å²) in [4.78, 5) is 11.8. The number of halogens is 1. The smallest absolute Gasteiger partial charge is 0.234 e. The van der Waals surface area contributed by atoms with Crippen molar-refractivity contribution in [1.29, 1.82) is 0 Å². The van der Waals surface area contributed by atoms with E-state index in [2.05, 4.69) is 10.6 Å². The lowest BCUT2D eigenvalue weighted by Gasteiger charge is -2.17. The van der Waals surface area contributed by atoms with Crippen LogP contribution in [0.1, 0.15) is 44.2 Å². The van der Waals surface area contributed by atoms with Crippen LogP contribution in [-0.4, -0.2) is 18.5 Å². The van der Waals surface area contributed by atoms with Gasteiger partial charge in [0.15, 0.2) is 0 Å². The molecular formula is C15H21ClN2O. The highest BCUT2D eigenvalue weighted by atomic mass is 35.5. The number of carbonyl (C=O) groups is 1. The molecule has 19 heavy (non-hydrogen) atoms. The summed E-state index contributed by atoms with van der Waals surface area (Å²) in [6.07, 6.45) is 4.69. The first-order valence-corrected chi connectivity index (χ1v) is 7.32. The van der Waals surface area contributed by atoms with Crippen molar-refractivity contribution in [2.24, 2.45) is 0 Å². The number of nitrogens with one attached hydrogen (secondary N) is 2. The zero-order chi connectivity index (χ0) is 13.7. The first kappa shape index (κ1) is 14.4. The Morgan fingerprint density at radius 1 is 1.37 bits per heavy atom. The Bertz CT molecular complexity index is 430. The van der Waals surface area contributed by atoms with Crippen molar-refractivity contribution in [2.45, 2.75) is 44.7 Å². The molecule has 3 nitrogen and oxygen atoms in total. The SMILES string of the molecule is C[C@@H](NCC(=O)NC1CCCC1)c1ccccc1Cl. The molecule has 1 aliphatic carbocycles. The number of carbonyl (C=O) groups excluding carboxylic acids is 1. The van der Waals surface area contributed by atoms with E-state index >= 15 is 0 Å². The molecule has 0 aromatic heterocycles. The van der Waals surface area contributed by atoms with E-state index in [1.165, 1.54) is 12.8 Å². The van der Waals surface area contributed by atoms with Gasteiger partial charge in [0.05, 0.1) is 6.54 Å². The summed E-state index contributed by atoms with van der Waals surface area (Å²) in [7, 11) is 0. The van der Waals surface area contributed by atoms with Crippen LogP contribution in [0.4, 0.5) is 0 Å². The van der Waals surface area contributed by atoms with E-state index in [4.69, 9.17) is 11.6 Å². The second-order valence-corrected chi connectivity index (χ2v) is 5.58. The van der Waals surface area contributed by atoms with Gasteiger partial charge in [-0.1, -0.05) is 42.6 Å². The van der Waals surface area contributed by atoms with Gasteiger partial charge in [0.25, 0.3) is 0 Å². The fourth-order valence-corrected chi connectivity index (χ4v) is 2.83. The fourth-order valence-electron chi connectivity index (χ4n) is 2.53. The Morgan fingerprint density at radius 2 is 2.05 bits per heavy atom. The molecule has 0 unspecified atom stereocenters. The lowest BCUT2D eigenvalue weighted by Crippen LogP contribution is -2.39. The molecule has 0 bridgehead atoms. The second kappa shape index (κ2) is 6.92. The van der Waals surface area contributed by atoms with Gasteiger partial charge < -0.3 is 10.6 Å². The zero-order valence-electron chi connectivity index (χ0n) is 11.3. The van der Waals surface area contributed by atoms with Gasteiger partial charge in [0, 0.05) is 17.1 Å². The predicted molar refractivity (Wildman–Crippen MR) is 78.3 cm³/mol. The van der Waals surface area contributed by atoms with E-state index in [0.717, 1.165) is 23.4 Å². The molecule has 2 N–H and O–H groups in total. The third-order valence-electron chi connectivity index (χ3n) is 3.66. The van der Waals surface area contributed by atoms with Gasteiger partial charge in [-0.2, -0.15) is 0 Å². The third-order valence-corrected chi connectivity index (χ3v) is 4.01. The summed E-state index contributed by atoms with van der Waals surface area (Å²) in [6, 6.07) is 8.17. The van der Waals surface area contributed by atoms with Crippen molar-refractivity contribution >= 4 is 17.5 Å². The lowest BCUT2D eigenvalue weighted by molar-refractivity contribution is -0.121. The van der Waals surface area contributed by atoms with E-state index in [1.54, 1.807) is 0 Å². The molecule has 1 saturated carbocycles. The molecule has 4 heteroatoms. The Morgan fingerprint density at radius 3 is 2.74 bits per heavy atom. The zero-order valence-corrected chi connectivity index (χ0v) is 12.0. The maximum Gasteiger partial charge on any atom is 0.234 e. The monoisotopic (exact) mass is 280 g/mol. The maximum atomic E-state index is 11.8. The van der Waals surface area contributed by atoms with E-state index in [0.29, 0.717) is 12.6 Å². The lowest BCUT2D eigenvalue weighted by atomic mass is 10.1. The van der Waals surface area contributed by atoms with Crippen LogP contribution in [0.2, 0.25) is 5.02 Å². The van der Waals surface area contributed by atoms with Crippen LogP contribution in [0, 0.1) is 0 Å². The maximum absolute atomic E-state index is 11.8. The molecular weight excluding hydrogens is 260 g/mol. The van der Waals surface area contributed by atoms with E-state index < -0.39 is 0 Å². The van der Waals surface area contributed by atoms with Crippen LogP contribution in [0.25, 0.3) is 0 Å². The number of rotatable bonds is 5. The minimum Gasteiger partial charge on any atom is -0.352 e. The number of amides is 1. The van der Waals surface area contributed by atoms with E-state index in [9.17, 15) is 4.79 Å². The Balaban J connectivity index is 1.78. The van der Waals surface area contributed by atoms with Crippen LogP contribution in [-0.2, 0) is 4.79 Å². The molecule has 0 aliphatic heterocycles. The van der Waals surface area contributed by atoms with Gasteiger partial charge in [0.2, 0.25) is 5.91 Å². The molecule has 2 rings (SSSR count). The molecule has 0 heterocycles. The average Bonchev–Trinajstić information content (AvgIpc) is 2.89. The van der Waals surface area contributed by atoms with Crippen molar-refractivity contribution in [2.75, 3.05) is 6.54 Å². The number of benzene rings is 1. The van der Waals surface area contributed by atoms with Crippen LogP contribution in [0.3, 0.4) is 0 Å². The summed E-state index contributed by atoms with van der Waals surface area (Å²) < 4.78 is 0. The Labute approximate surface area is 119 Å². The first-order valence-electron chi connectivity index (χ1n) is 6.94. The van der Waals surface area contributed by atoms with Crippen molar-refractivity contribution < 1.29 is 4.79 Å². The summed E-state index contributed by atoms with van der Waals surface area (Å²) in [5, 5.41) is 7.02. The number of hydrogen-bond acceptors (Lipinski definition) is 2. The van der Waals surface area contributed by atoms with E-state index in [-0.39, 0.29) is 11.9 Å². The highest BCUT2D eigenvalue weighted by Gasteiger charge is 2.17. The largest absolute Gasteiger partial charge is 0.352 e. The van der Waals surface area contributed by atoms with Crippen molar-refractivity contribution in [3.63, 3.8) is 0 Å². The Kier molecular flexibility index (Phi) is 5.23. The molecule has 0 spiro atoms. The normalized spacial score (nSPS) is 17.4. The quantitative estimate of drug-likeness (QED) is 0.870. The molecule has 1 fully saturated rings. The summed E-state index contributed by atoms with van der Waals surface area (Å²) >= 11 is 6.13. The molecule has 1 amide bonds. The molecule has 104 valence electrons. The van der Waals surface area contributed by atoms with Gasteiger partial charge in [0.1, 0.15) is 0 Å². The molecule has 0 radical (unpaired) electrons. The van der Waals surface area contributed by atoms with Crippen molar-refractivity contribution in [3.05, 3.63) is 34.9 Å². The number of hydrogen-bond donors (Lipinski definition) is 2. The first-order chi connectivity index (χ1) is 9.16. The van der Waals surface area contributed by atoms with Gasteiger partial charge in [-0.3, -0.25) is 4.79 Å². The van der Waals surface area contributed by atoms with Gasteiger partial charge in [-0.05, 0) is 31.4 Å². The molecule has 1 aromatic carbocycles. The molecule has 1 atom stereocenters. The molecule has 0 saturated heterocycles. The standard InChI is InChI=1S/C15H21ClN2O/c1-11(13-8-4-5-9-14(13)16)17-10-15(19)18-12-6-2-3-7-12/h4-5,8-9,11-12,17H,2-3,6-7,10H2,1H3,(H,18,19)/t11-/m1/s1. The third kappa shape index (κ3) is 4.22. The van der Waals surface area contributed by atoms with Crippen LogP contribution in [0.5, 0.6) is 0 Å². The van der Waals surface area contributed by atoms with Crippen molar-refractivity contribution in [3.8, 4) is 0 Å². The van der Waals surface area contributed by atoms with E-state index in [1.807, 2.05) is 31.2 Å². The van der Waals surface area contributed by atoms with Crippen LogP contribution in [0.15, 0.2) is 24.3 Å².